The fourth-order valence-corrected chi connectivity index (χ4v) is 2.48. The van der Waals surface area contributed by atoms with E-state index in [-0.39, 0.29) is 24.9 Å². The lowest BCUT2D eigenvalue weighted by Crippen LogP contribution is -2.39. The van der Waals surface area contributed by atoms with Gasteiger partial charge in [-0.15, -0.1) is 23.7 Å². The molecule has 114 valence electrons. The molecule has 0 saturated carbocycles. The van der Waals surface area contributed by atoms with E-state index in [4.69, 9.17) is 10.5 Å². The maximum Gasteiger partial charge on any atom is 0.245 e. The summed E-state index contributed by atoms with van der Waals surface area (Å²) in [6, 6.07) is 7.30. The molecule has 1 atom stereocenters. The van der Waals surface area contributed by atoms with E-state index in [0.29, 0.717) is 5.13 Å². The first kappa shape index (κ1) is 17.6. The molecule has 1 amide bonds. The summed E-state index contributed by atoms with van der Waals surface area (Å²) in [5, 5.41) is 5.16. The van der Waals surface area contributed by atoms with Crippen LogP contribution in [0.15, 0.2) is 29.6 Å². The largest absolute Gasteiger partial charge is 0.383 e. The lowest BCUT2D eigenvalue weighted by atomic mass is 10.1. The number of nitrogens with zero attached hydrogens (tertiary/aromatic N) is 1. The molecule has 0 bridgehead atoms. The van der Waals surface area contributed by atoms with Crippen molar-refractivity contribution < 1.29 is 9.53 Å². The zero-order valence-corrected chi connectivity index (χ0v) is 13.5. The van der Waals surface area contributed by atoms with Crippen molar-refractivity contribution in [2.75, 3.05) is 19.0 Å². The summed E-state index contributed by atoms with van der Waals surface area (Å²) in [5.74, 6) is -0.294. The number of nitrogens with one attached hydrogen (secondary N) is 1. The lowest BCUT2D eigenvalue weighted by molar-refractivity contribution is -0.118. The normalized spacial score (nSPS) is 11.6. The summed E-state index contributed by atoms with van der Waals surface area (Å²) in [6.45, 7) is 2.21. The van der Waals surface area contributed by atoms with Crippen LogP contribution in [0.3, 0.4) is 0 Å². The number of hydrogen-bond acceptors (Lipinski definition) is 5. The lowest BCUT2D eigenvalue weighted by Gasteiger charge is -2.08. The van der Waals surface area contributed by atoms with Gasteiger partial charge in [0.05, 0.1) is 12.3 Å². The summed E-state index contributed by atoms with van der Waals surface area (Å²) in [5.41, 5.74) is 8.71. The summed E-state index contributed by atoms with van der Waals surface area (Å²) in [6.07, 6.45) is 0. The van der Waals surface area contributed by atoms with Crippen LogP contribution < -0.4 is 11.1 Å². The summed E-state index contributed by atoms with van der Waals surface area (Å²) < 4.78 is 4.85. The molecule has 1 heterocycles. The molecule has 2 rings (SSSR count). The number of nitrogens with two attached hydrogens (primary N) is 1. The Morgan fingerprint density at radius 2 is 2.19 bits per heavy atom. The Morgan fingerprint density at radius 3 is 2.86 bits per heavy atom. The van der Waals surface area contributed by atoms with Gasteiger partial charge >= 0.3 is 0 Å². The second kappa shape index (κ2) is 8.09. The van der Waals surface area contributed by atoms with E-state index < -0.39 is 6.04 Å². The minimum Gasteiger partial charge on any atom is -0.383 e. The first-order valence-corrected chi connectivity index (χ1v) is 7.06. The Bertz CT molecular complexity index is 603. The highest BCUT2D eigenvalue weighted by atomic mass is 35.5. The number of ether oxygens (including phenoxy) is 1. The molecule has 3 N–H and O–H groups in total. The van der Waals surface area contributed by atoms with Crippen molar-refractivity contribution in [3.63, 3.8) is 0 Å². The molecule has 5 nitrogen and oxygen atoms in total. The Morgan fingerprint density at radius 1 is 1.48 bits per heavy atom. The third kappa shape index (κ3) is 4.50. The number of halogens is 1. The van der Waals surface area contributed by atoms with Gasteiger partial charge in [0.1, 0.15) is 6.04 Å². The van der Waals surface area contributed by atoms with Crippen LogP contribution in [0.4, 0.5) is 5.13 Å². The molecule has 1 aromatic heterocycles. The van der Waals surface area contributed by atoms with Gasteiger partial charge in [-0.3, -0.25) is 4.79 Å². The molecule has 1 unspecified atom stereocenters. The molecule has 7 heteroatoms. The van der Waals surface area contributed by atoms with E-state index in [0.717, 1.165) is 16.8 Å². The third-order valence-corrected chi connectivity index (χ3v) is 3.60. The molecule has 21 heavy (non-hydrogen) atoms. The van der Waals surface area contributed by atoms with E-state index in [1.165, 1.54) is 18.4 Å². The standard InChI is InChI=1S/C14H17N3O2S.ClH/c1-9-5-3-4-6-10(9)12-8-20-14(16-12)17-13(18)11(15)7-19-2;/h3-6,8,11H,7,15H2,1-2H3,(H,16,17,18);1H. The molecule has 2 aromatic rings. The van der Waals surface area contributed by atoms with E-state index in [9.17, 15) is 4.79 Å². The number of carbonyl (C=O) groups excluding carboxylic acids is 1. The van der Waals surface area contributed by atoms with E-state index in [2.05, 4.69) is 10.3 Å². The highest BCUT2D eigenvalue weighted by molar-refractivity contribution is 7.14. The molecule has 0 aliphatic carbocycles. The maximum atomic E-state index is 11.8. The predicted octanol–water partition coefficient (Wildman–Crippen LogP) is 2.45. The van der Waals surface area contributed by atoms with Gasteiger partial charge in [-0.05, 0) is 12.5 Å². The smallest absolute Gasteiger partial charge is 0.245 e. The van der Waals surface area contributed by atoms with Crippen LogP contribution in [0.2, 0.25) is 0 Å². The van der Waals surface area contributed by atoms with Crippen LogP contribution in [0.5, 0.6) is 0 Å². The van der Waals surface area contributed by atoms with Gasteiger partial charge in [0.25, 0.3) is 0 Å². The van der Waals surface area contributed by atoms with Crippen molar-refractivity contribution in [3.05, 3.63) is 35.2 Å². The number of methoxy groups -OCH3 is 1. The number of thiazole rings is 1. The fraction of sp³-hybridized carbons (Fsp3) is 0.286. The number of rotatable bonds is 5. The number of benzene rings is 1. The number of hydrogen-bond donors (Lipinski definition) is 2. The SMILES string of the molecule is COCC(N)C(=O)Nc1nc(-c2ccccc2C)cs1.Cl. The average Bonchev–Trinajstić information content (AvgIpc) is 2.87. The molecule has 0 aliphatic heterocycles. The van der Waals surface area contributed by atoms with Gasteiger partial charge < -0.3 is 15.8 Å². The zero-order chi connectivity index (χ0) is 14.5. The number of aryl methyl sites for hydroxylation is 1. The minimum absolute atomic E-state index is 0. The zero-order valence-electron chi connectivity index (χ0n) is 11.8. The van der Waals surface area contributed by atoms with E-state index >= 15 is 0 Å². The summed E-state index contributed by atoms with van der Waals surface area (Å²) in [7, 11) is 1.51. The third-order valence-electron chi connectivity index (χ3n) is 2.84. The molecule has 0 saturated heterocycles. The quantitative estimate of drug-likeness (QED) is 0.884. The Hall–Kier alpha value is -1.47. The van der Waals surface area contributed by atoms with Crippen LogP contribution in [-0.2, 0) is 9.53 Å². The topological polar surface area (TPSA) is 77.2 Å². The van der Waals surface area contributed by atoms with Crippen LogP contribution in [0, 0.1) is 6.92 Å². The second-order valence-corrected chi connectivity index (χ2v) is 5.26. The minimum atomic E-state index is -0.689. The van der Waals surface area contributed by atoms with Crippen molar-refractivity contribution in [1.29, 1.82) is 0 Å². The maximum absolute atomic E-state index is 11.8. The van der Waals surface area contributed by atoms with Crippen molar-refractivity contribution in [2.45, 2.75) is 13.0 Å². The predicted molar refractivity (Wildman–Crippen MR) is 88.0 cm³/mol. The summed E-state index contributed by atoms with van der Waals surface area (Å²) in [4.78, 5) is 16.2. The van der Waals surface area contributed by atoms with Crippen LogP contribution in [0.1, 0.15) is 5.56 Å². The Labute approximate surface area is 133 Å². The Kier molecular flexibility index (Phi) is 6.77. The molecule has 0 radical (unpaired) electrons. The molecular formula is C14H18ClN3O2S. The van der Waals surface area contributed by atoms with E-state index in [1.54, 1.807) is 0 Å². The van der Waals surface area contributed by atoms with Crippen molar-refractivity contribution in [2.24, 2.45) is 5.73 Å². The second-order valence-electron chi connectivity index (χ2n) is 4.40. The first-order chi connectivity index (χ1) is 9.61. The van der Waals surface area contributed by atoms with Gasteiger partial charge in [0.15, 0.2) is 5.13 Å². The molecule has 0 spiro atoms. The molecule has 0 aliphatic rings. The van der Waals surface area contributed by atoms with Crippen LogP contribution in [0.25, 0.3) is 11.3 Å². The van der Waals surface area contributed by atoms with Gasteiger partial charge in [0, 0.05) is 18.1 Å². The van der Waals surface area contributed by atoms with Crippen molar-refractivity contribution in [1.82, 2.24) is 4.98 Å². The highest BCUT2D eigenvalue weighted by Gasteiger charge is 2.15. The number of carbonyl (C=O) groups is 1. The van der Waals surface area contributed by atoms with Gasteiger partial charge in [0.2, 0.25) is 5.91 Å². The van der Waals surface area contributed by atoms with Gasteiger partial charge in [-0.2, -0.15) is 0 Å². The molecule has 1 aromatic carbocycles. The number of amides is 1. The van der Waals surface area contributed by atoms with Crippen molar-refractivity contribution >= 4 is 34.8 Å². The Balaban J connectivity index is 0.00000220. The number of anilines is 1. The van der Waals surface area contributed by atoms with Crippen molar-refractivity contribution in [3.8, 4) is 11.3 Å². The van der Waals surface area contributed by atoms with Crippen LogP contribution in [-0.4, -0.2) is 30.6 Å². The first-order valence-electron chi connectivity index (χ1n) is 6.18. The monoisotopic (exact) mass is 327 g/mol. The fourth-order valence-electron chi connectivity index (χ4n) is 1.77. The highest BCUT2D eigenvalue weighted by Crippen LogP contribution is 2.27. The van der Waals surface area contributed by atoms with Gasteiger partial charge in [-0.25, -0.2) is 4.98 Å². The number of aromatic nitrogens is 1. The average molecular weight is 328 g/mol. The van der Waals surface area contributed by atoms with Crippen LogP contribution >= 0.6 is 23.7 Å². The summed E-state index contributed by atoms with van der Waals surface area (Å²) >= 11 is 1.38. The molecule has 0 fully saturated rings. The molecular weight excluding hydrogens is 310 g/mol. The van der Waals surface area contributed by atoms with E-state index in [1.807, 2.05) is 36.6 Å². The van der Waals surface area contributed by atoms with Gasteiger partial charge in [-0.1, -0.05) is 24.3 Å².